The van der Waals surface area contributed by atoms with Gasteiger partial charge in [-0.2, -0.15) is 0 Å². The Morgan fingerprint density at radius 2 is 1.60 bits per heavy atom. The van der Waals surface area contributed by atoms with Crippen molar-refractivity contribution in [3.63, 3.8) is 0 Å². The third-order valence-corrected chi connectivity index (χ3v) is 1.83. The van der Waals surface area contributed by atoms with Crippen LogP contribution in [0, 0.1) is 0 Å². The lowest BCUT2D eigenvalue weighted by Gasteiger charge is -2.19. The van der Waals surface area contributed by atoms with Gasteiger partial charge in [-0.15, -0.1) is 0 Å². The van der Waals surface area contributed by atoms with Crippen molar-refractivity contribution in [1.82, 2.24) is 0 Å². The van der Waals surface area contributed by atoms with Crippen LogP contribution in [0.4, 0.5) is 0 Å². The number of hydrogen-bond donors (Lipinski definition) is 0. The van der Waals surface area contributed by atoms with E-state index < -0.39 is 5.97 Å². The third-order valence-electron chi connectivity index (χ3n) is 1.83. The molecular formula is C7H14O3. The van der Waals surface area contributed by atoms with Crippen LogP contribution in [0.2, 0.25) is 0 Å². The molecule has 3 heteroatoms. The first-order chi connectivity index (χ1) is 4.57. The summed E-state index contributed by atoms with van der Waals surface area (Å²) in [5.41, 5.74) is 0. The fourth-order valence-electron chi connectivity index (χ4n) is 0.991. The van der Waals surface area contributed by atoms with E-state index in [0.717, 1.165) is 0 Å². The van der Waals surface area contributed by atoms with E-state index in [1.807, 2.05) is 13.8 Å². The van der Waals surface area contributed by atoms with Crippen molar-refractivity contribution in [1.29, 1.82) is 0 Å². The maximum Gasteiger partial charge on any atom is 0.280 e. The Morgan fingerprint density at radius 1 is 1.20 bits per heavy atom. The summed E-state index contributed by atoms with van der Waals surface area (Å²) in [6, 6.07) is 0. The topological polar surface area (TPSA) is 27.7 Å². The highest BCUT2D eigenvalue weighted by atomic mass is 16.9. The zero-order valence-corrected chi connectivity index (χ0v) is 6.88. The Bertz CT molecular complexity index is 114. The smallest absolute Gasteiger partial charge is 0.280 e. The van der Waals surface area contributed by atoms with E-state index in [0.29, 0.717) is 0 Å². The first kappa shape index (κ1) is 7.98. The second-order valence-corrected chi connectivity index (χ2v) is 2.71. The van der Waals surface area contributed by atoms with E-state index in [1.165, 1.54) is 0 Å². The SMILES string of the molecule is COC1(C)O[C@H](C)[C@@H](C)O1. The zero-order valence-electron chi connectivity index (χ0n) is 6.88. The minimum absolute atomic E-state index is 0.116. The molecule has 1 aliphatic heterocycles. The molecule has 1 fully saturated rings. The molecule has 60 valence electrons. The summed E-state index contributed by atoms with van der Waals surface area (Å²) in [7, 11) is 1.57. The molecule has 0 saturated carbocycles. The van der Waals surface area contributed by atoms with Crippen molar-refractivity contribution >= 4 is 0 Å². The summed E-state index contributed by atoms with van der Waals surface area (Å²) < 4.78 is 15.7. The molecule has 10 heavy (non-hydrogen) atoms. The first-order valence-corrected chi connectivity index (χ1v) is 3.48. The van der Waals surface area contributed by atoms with Crippen LogP contribution in [-0.2, 0) is 14.2 Å². The van der Waals surface area contributed by atoms with Gasteiger partial charge in [0.05, 0.1) is 12.2 Å². The van der Waals surface area contributed by atoms with Gasteiger partial charge in [-0.3, -0.25) is 0 Å². The molecule has 3 nitrogen and oxygen atoms in total. The predicted molar refractivity (Wildman–Crippen MR) is 36.5 cm³/mol. The highest BCUT2D eigenvalue weighted by molar-refractivity contribution is 4.71. The molecule has 0 aromatic heterocycles. The van der Waals surface area contributed by atoms with Gasteiger partial charge in [0.25, 0.3) is 5.97 Å². The molecule has 1 aliphatic rings. The summed E-state index contributed by atoms with van der Waals surface area (Å²) in [6.07, 6.45) is 0.231. The maximum absolute atomic E-state index is 5.37. The van der Waals surface area contributed by atoms with Crippen molar-refractivity contribution in [2.75, 3.05) is 7.11 Å². The minimum Gasteiger partial charge on any atom is -0.331 e. The predicted octanol–water partition coefficient (Wildman–Crippen LogP) is 1.13. The number of hydrogen-bond acceptors (Lipinski definition) is 3. The van der Waals surface area contributed by atoms with Crippen LogP contribution in [-0.4, -0.2) is 25.3 Å². The van der Waals surface area contributed by atoms with Crippen LogP contribution in [0.1, 0.15) is 20.8 Å². The average Bonchev–Trinajstić information content (AvgIpc) is 2.10. The average molecular weight is 146 g/mol. The lowest BCUT2D eigenvalue weighted by Crippen LogP contribution is -2.28. The maximum atomic E-state index is 5.37. The highest BCUT2D eigenvalue weighted by Crippen LogP contribution is 2.28. The molecule has 1 rings (SSSR count). The van der Waals surface area contributed by atoms with E-state index in [4.69, 9.17) is 14.2 Å². The van der Waals surface area contributed by atoms with Gasteiger partial charge in [-0.1, -0.05) is 0 Å². The Labute approximate surface area is 61.3 Å². The second kappa shape index (κ2) is 2.49. The summed E-state index contributed by atoms with van der Waals surface area (Å²) in [4.78, 5) is 0. The summed E-state index contributed by atoms with van der Waals surface area (Å²) in [5, 5.41) is 0. The van der Waals surface area contributed by atoms with E-state index in [1.54, 1.807) is 14.0 Å². The van der Waals surface area contributed by atoms with Gasteiger partial charge in [0.15, 0.2) is 0 Å². The summed E-state index contributed by atoms with van der Waals surface area (Å²) >= 11 is 0. The van der Waals surface area contributed by atoms with Gasteiger partial charge < -0.3 is 14.2 Å². The van der Waals surface area contributed by atoms with E-state index in [9.17, 15) is 0 Å². The van der Waals surface area contributed by atoms with Gasteiger partial charge in [-0.05, 0) is 13.8 Å². The van der Waals surface area contributed by atoms with Crippen LogP contribution in [0.5, 0.6) is 0 Å². The molecule has 0 amide bonds. The Balaban J connectivity index is 2.55. The molecule has 1 saturated heterocycles. The molecular weight excluding hydrogens is 132 g/mol. The zero-order chi connectivity index (χ0) is 7.78. The fraction of sp³-hybridized carbons (Fsp3) is 1.00. The van der Waals surface area contributed by atoms with Crippen LogP contribution < -0.4 is 0 Å². The van der Waals surface area contributed by atoms with Crippen LogP contribution in [0.25, 0.3) is 0 Å². The van der Waals surface area contributed by atoms with Crippen LogP contribution in [0.3, 0.4) is 0 Å². The summed E-state index contributed by atoms with van der Waals surface area (Å²) in [6.45, 7) is 5.71. The number of methoxy groups -OCH3 is 1. The molecule has 0 spiro atoms. The van der Waals surface area contributed by atoms with E-state index >= 15 is 0 Å². The molecule has 0 aliphatic carbocycles. The Kier molecular flexibility index (Phi) is 1.99. The monoisotopic (exact) mass is 146 g/mol. The van der Waals surface area contributed by atoms with Gasteiger partial charge in [-0.25, -0.2) is 0 Å². The number of ether oxygens (including phenoxy) is 3. The lowest BCUT2D eigenvalue weighted by molar-refractivity contribution is -0.316. The van der Waals surface area contributed by atoms with Crippen molar-refractivity contribution in [2.45, 2.75) is 39.0 Å². The lowest BCUT2D eigenvalue weighted by atomic mass is 10.3. The molecule has 0 radical (unpaired) electrons. The van der Waals surface area contributed by atoms with Crippen LogP contribution >= 0.6 is 0 Å². The van der Waals surface area contributed by atoms with Crippen LogP contribution in [0.15, 0.2) is 0 Å². The minimum atomic E-state index is -0.821. The van der Waals surface area contributed by atoms with Gasteiger partial charge in [0.2, 0.25) is 0 Å². The standard InChI is InChI=1S/C7H14O3/c1-5-6(2)10-7(3,8-4)9-5/h5-6H,1-4H3/t5-,6-/m1/s1. The normalized spacial score (nSPS) is 38.4. The van der Waals surface area contributed by atoms with Crippen molar-refractivity contribution < 1.29 is 14.2 Å². The van der Waals surface area contributed by atoms with Crippen molar-refractivity contribution in [3.05, 3.63) is 0 Å². The fourth-order valence-corrected chi connectivity index (χ4v) is 0.991. The first-order valence-electron chi connectivity index (χ1n) is 3.48. The molecule has 2 atom stereocenters. The Morgan fingerprint density at radius 3 is 1.80 bits per heavy atom. The van der Waals surface area contributed by atoms with Crippen molar-refractivity contribution in [2.24, 2.45) is 0 Å². The van der Waals surface area contributed by atoms with Gasteiger partial charge in [0.1, 0.15) is 0 Å². The quantitative estimate of drug-likeness (QED) is 0.555. The molecule has 0 N–H and O–H groups in total. The largest absolute Gasteiger partial charge is 0.331 e. The highest BCUT2D eigenvalue weighted by Gasteiger charge is 2.40. The van der Waals surface area contributed by atoms with Crippen molar-refractivity contribution in [3.8, 4) is 0 Å². The molecule has 0 aromatic rings. The molecule has 0 bridgehead atoms. The number of rotatable bonds is 1. The van der Waals surface area contributed by atoms with E-state index in [-0.39, 0.29) is 12.2 Å². The van der Waals surface area contributed by atoms with Gasteiger partial charge >= 0.3 is 0 Å². The molecule has 1 heterocycles. The second-order valence-electron chi connectivity index (χ2n) is 2.71. The molecule has 0 aromatic carbocycles. The third kappa shape index (κ3) is 1.31. The summed E-state index contributed by atoms with van der Waals surface area (Å²) in [5.74, 6) is -0.821. The molecule has 0 unspecified atom stereocenters. The Hall–Kier alpha value is -0.120. The van der Waals surface area contributed by atoms with E-state index in [2.05, 4.69) is 0 Å². The van der Waals surface area contributed by atoms with Gasteiger partial charge in [0, 0.05) is 14.0 Å².